The van der Waals surface area contributed by atoms with Crippen molar-refractivity contribution in [1.82, 2.24) is 30.9 Å². The number of benzene rings is 1. The van der Waals surface area contributed by atoms with Gasteiger partial charge in [-0.15, -0.1) is 10.2 Å². The summed E-state index contributed by atoms with van der Waals surface area (Å²) in [5.74, 6) is -0.296. The minimum absolute atomic E-state index is 0.248. The van der Waals surface area contributed by atoms with Crippen molar-refractivity contribution < 1.29 is 4.79 Å². The first-order valence-electron chi connectivity index (χ1n) is 5.85. The third-order valence-electron chi connectivity index (χ3n) is 2.54. The molecule has 0 bridgehead atoms. The molecule has 0 aliphatic carbocycles. The molecule has 0 spiro atoms. The Balaban J connectivity index is 1.65. The molecule has 2 N–H and O–H groups in total. The van der Waals surface area contributed by atoms with Gasteiger partial charge < -0.3 is 5.32 Å². The summed E-state index contributed by atoms with van der Waals surface area (Å²) in [5, 5.41) is 22.1. The summed E-state index contributed by atoms with van der Waals surface area (Å²) >= 11 is 1.44. The molecule has 7 nitrogen and oxygen atoms in total. The van der Waals surface area contributed by atoms with Gasteiger partial charge in [0.05, 0.1) is 12.7 Å². The van der Waals surface area contributed by atoms with E-state index in [4.69, 9.17) is 0 Å². The van der Waals surface area contributed by atoms with Crippen LogP contribution in [0, 0.1) is 0 Å². The second kappa shape index (κ2) is 5.57. The van der Waals surface area contributed by atoms with Gasteiger partial charge in [-0.3, -0.25) is 4.79 Å². The molecule has 100 valence electrons. The van der Waals surface area contributed by atoms with Gasteiger partial charge >= 0.3 is 0 Å². The lowest BCUT2D eigenvalue weighted by atomic mass is 10.2. The quantitative estimate of drug-likeness (QED) is 0.752. The Morgan fingerprint density at radius 3 is 2.85 bits per heavy atom. The molecule has 0 fully saturated rings. The van der Waals surface area contributed by atoms with E-state index in [2.05, 4.69) is 30.9 Å². The normalized spacial score (nSPS) is 10.4. The molecule has 8 heteroatoms. The first-order chi connectivity index (χ1) is 9.83. The van der Waals surface area contributed by atoms with E-state index in [9.17, 15) is 4.79 Å². The highest BCUT2D eigenvalue weighted by molar-refractivity contribution is 7.14. The number of nitrogens with one attached hydrogen (secondary N) is 2. The van der Waals surface area contributed by atoms with E-state index >= 15 is 0 Å². The lowest BCUT2D eigenvalue weighted by molar-refractivity contribution is 0.0946. The lowest BCUT2D eigenvalue weighted by Gasteiger charge is -1.97. The molecule has 0 saturated carbocycles. The zero-order valence-electron chi connectivity index (χ0n) is 10.3. The summed E-state index contributed by atoms with van der Waals surface area (Å²) < 4.78 is 0. The van der Waals surface area contributed by atoms with Gasteiger partial charge in [-0.25, -0.2) is 0 Å². The van der Waals surface area contributed by atoms with Crippen molar-refractivity contribution in [2.24, 2.45) is 0 Å². The van der Waals surface area contributed by atoms with E-state index in [0.29, 0.717) is 6.54 Å². The Morgan fingerprint density at radius 1 is 1.25 bits per heavy atom. The Morgan fingerprint density at radius 2 is 2.10 bits per heavy atom. The molecule has 2 aromatic heterocycles. The van der Waals surface area contributed by atoms with Gasteiger partial charge in [-0.1, -0.05) is 41.7 Å². The number of nitrogens with zero attached hydrogens (tertiary/aromatic N) is 4. The van der Waals surface area contributed by atoms with Gasteiger partial charge in [0.2, 0.25) is 0 Å². The van der Waals surface area contributed by atoms with Gasteiger partial charge in [0.25, 0.3) is 5.91 Å². The lowest BCUT2D eigenvalue weighted by Crippen LogP contribution is -2.23. The number of carbonyl (C=O) groups is 1. The van der Waals surface area contributed by atoms with Crippen LogP contribution in [0.5, 0.6) is 0 Å². The minimum atomic E-state index is -0.296. The monoisotopic (exact) mass is 286 g/mol. The average molecular weight is 286 g/mol. The molecule has 0 unspecified atom stereocenters. The predicted octanol–water partition coefficient (Wildman–Crippen LogP) is 1.25. The van der Waals surface area contributed by atoms with E-state index in [-0.39, 0.29) is 11.6 Å². The molecule has 0 aliphatic rings. The number of amides is 1. The zero-order valence-corrected chi connectivity index (χ0v) is 11.1. The average Bonchev–Trinajstić information content (AvgIpc) is 3.17. The topological polar surface area (TPSA) is 96.5 Å². The molecule has 3 aromatic rings. The van der Waals surface area contributed by atoms with Crippen molar-refractivity contribution >= 4 is 17.2 Å². The van der Waals surface area contributed by atoms with Crippen LogP contribution in [0.2, 0.25) is 0 Å². The molecular formula is C12H10N6OS. The number of aromatic amines is 1. The highest BCUT2D eigenvalue weighted by Crippen LogP contribution is 2.22. The van der Waals surface area contributed by atoms with Crippen LogP contribution in [-0.4, -0.2) is 31.5 Å². The molecule has 1 amide bonds. The predicted molar refractivity (Wildman–Crippen MR) is 72.9 cm³/mol. The minimum Gasteiger partial charge on any atom is -0.344 e. The number of hydrogen-bond acceptors (Lipinski definition) is 6. The van der Waals surface area contributed by atoms with Gasteiger partial charge in [-0.2, -0.15) is 15.4 Å². The van der Waals surface area contributed by atoms with E-state index in [1.807, 2.05) is 30.3 Å². The summed E-state index contributed by atoms with van der Waals surface area (Å²) in [4.78, 5) is 11.7. The molecular weight excluding hydrogens is 276 g/mol. The summed E-state index contributed by atoms with van der Waals surface area (Å²) in [6, 6.07) is 9.78. The van der Waals surface area contributed by atoms with Crippen LogP contribution in [0.3, 0.4) is 0 Å². The number of rotatable bonds is 4. The maximum absolute atomic E-state index is 11.7. The molecule has 0 saturated heterocycles. The summed E-state index contributed by atoms with van der Waals surface area (Å²) in [6.45, 7) is 0.316. The van der Waals surface area contributed by atoms with Crippen molar-refractivity contribution in [3.05, 3.63) is 47.2 Å². The van der Waals surface area contributed by atoms with Gasteiger partial charge in [-0.05, 0) is 0 Å². The fourth-order valence-corrected chi connectivity index (χ4v) is 2.36. The fraction of sp³-hybridized carbons (Fsp3) is 0.0833. The number of carbonyl (C=O) groups excluding carboxylic acids is 1. The second-order valence-electron chi connectivity index (χ2n) is 3.90. The molecule has 0 atom stereocenters. The van der Waals surface area contributed by atoms with Crippen LogP contribution in [0.25, 0.3) is 10.6 Å². The van der Waals surface area contributed by atoms with Crippen molar-refractivity contribution in [3.63, 3.8) is 0 Å². The van der Waals surface area contributed by atoms with Crippen molar-refractivity contribution in [3.8, 4) is 10.6 Å². The van der Waals surface area contributed by atoms with E-state index in [0.717, 1.165) is 15.6 Å². The Hall–Kier alpha value is -2.61. The van der Waals surface area contributed by atoms with Crippen LogP contribution in [0.15, 0.2) is 36.5 Å². The van der Waals surface area contributed by atoms with E-state index < -0.39 is 0 Å². The Labute approximate surface area is 118 Å². The summed E-state index contributed by atoms with van der Waals surface area (Å²) in [6.07, 6.45) is 1.37. The van der Waals surface area contributed by atoms with Gasteiger partial charge in [0, 0.05) is 5.56 Å². The van der Waals surface area contributed by atoms with Crippen LogP contribution in [0.4, 0.5) is 0 Å². The van der Waals surface area contributed by atoms with Crippen molar-refractivity contribution in [2.75, 3.05) is 0 Å². The molecule has 0 radical (unpaired) electrons. The van der Waals surface area contributed by atoms with Crippen LogP contribution < -0.4 is 5.32 Å². The molecule has 0 aliphatic heterocycles. The highest BCUT2D eigenvalue weighted by Gasteiger charge is 2.10. The maximum Gasteiger partial charge on any atom is 0.273 e. The highest BCUT2D eigenvalue weighted by atomic mass is 32.1. The molecule has 20 heavy (non-hydrogen) atoms. The number of H-pyrrole nitrogens is 1. The number of aromatic nitrogens is 5. The molecule has 1 aromatic carbocycles. The van der Waals surface area contributed by atoms with Crippen LogP contribution in [0.1, 0.15) is 15.5 Å². The van der Waals surface area contributed by atoms with Crippen LogP contribution in [-0.2, 0) is 6.54 Å². The third-order valence-corrected chi connectivity index (χ3v) is 3.51. The van der Waals surface area contributed by atoms with Gasteiger partial charge in [0.15, 0.2) is 5.69 Å². The number of hydrogen-bond donors (Lipinski definition) is 2. The standard InChI is InChI=1S/C12H10N6OS/c19-11(9-6-14-18-15-9)13-7-10-16-17-12(20-10)8-4-2-1-3-5-8/h1-6H,7H2,(H,13,19)(H,14,15,18). The Bertz CT molecular complexity index is 694. The third kappa shape index (κ3) is 2.69. The molecule has 2 heterocycles. The fourth-order valence-electron chi connectivity index (χ4n) is 1.58. The SMILES string of the molecule is O=C(NCc1nnc(-c2ccccc2)s1)c1cn[nH]n1. The zero-order chi connectivity index (χ0) is 13.8. The van der Waals surface area contributed by atoms with E-state index in [1.54, 1.807) is 0 Å². The second-order valence-corrected chi connectivity index (χ2v) is 4.97. The van der Waals surface area contributed by atoms with Crippen LogP contribution >= 0.6 is 11.3 Å². The smallest absolute Gasteiger partial charge is 0.273 e. The largest absolute Gasteiger partial charge is 0.344 e. The first kappa shape index (κ1) is 12.4. The van der Waals surface area contributed by atoms with E-state index in [1.165, 1.54) is 17.5 Å². The Kier molecular flexibility index (Phi) is 3.46. The van der Waals surface area contributed by atoms with Crippen molar-refractivity contribution in [1.29, 1.82) is 0 Å². The molecule has 3 rings (SSSR count). The summed E-state index contributed by atoms with van der Waals surface area (Å²) in [7, 11) is 0. The van der Waals surface area contributed by atoms with Crippen molar-refractivity contribution in [2.45, 2.75) is 6.54 Å². The summed E-state index contributed by atoms with van der Waals surface area (Å²) in [5.41, 5.74) is 1.26. The maximum atomic E-state index is 11.7. The first-order valence-corrected chi connectivity index (χ1v) is 6.66. The van der Waals surface area contributed by atoms with Gasteiger partial charge in [0.1, 0.15) is 10.0 Å².